The Hall–Kier alpha value is -1.83. The lowest BCUT2D eigenvalue weighted by atomic mass is 9.89. The lowest BCUT2D eigenvalue weighted by molar-refractivity contribution is 0.0789. The van der Waals surface area contributed by atoms with Crippen molar-refractivity contribution in [3.05, 3.63) is 58.7 Å². The highest BCUT2D eigenvalue weighted by Gasteiger charge is 2.25. The van der Waals surface area contributed by atoms with Crippen LogP contribution < -0.4 is 4.72 Å². The number of likely N-dealkylation sites (tertiary alicyclic amines) is 1. The molecule has 2 aliphatic rings. The molecule has 4 rings (SSSR count). The molecule has 0 radical (unpaired) electrons. The maximum Gasteiger partial charge on any atom is 0.255 e. The highest BCUT2D eigenvalue weighted by atomic mass is 32.2. The van der Waals surface area contributed by atoms with Crippen molar-refractivity contribution in [3.63, 3.8) is 0 Å². The molecule has 1 aliphatic heterocycles. The smallest absolute Gasteiger partial charge is 0.255 e. The fourth-order valence-electron chi connectivity index (χ4n) is 4.50. The summed E-state index contributed by atoms with van der Waals surface area (Å²) in [6.45, 7) is 3.34. The number of hydrogen-bond donors (Lipinski definition) is 1. The second-order valence-electron chi connectivity index (χ2n) is 8.44. The fourth-order valence-corrected chi connectivity index (χ4v) is 6.33. The van der Waals surface area contributed by atoms with Crippen LogP contribution in [0.4, 0.5) is 0 Å². The van der Waals surface area contributed by atoms with E-state index in [1.807, 2.05) is 24.1 Å². The molecular weight excluding hydrogens is 428 g/mol. The van der Waals surface area contributed by atoms with Gasteiger partial charge < -0.3 is 4.90 Å². The van der Waals surface area contributed by atoms with Crippen molar-refractivity contribution < 1.29 is 13.2 Å². The van der Waals surface area contributed by atoms with E-state index in [1.54, 1.807) is 12.1 Å². The number of nitrogens with one attached hydrogen (secondary N) is 1. The van der Waals surface area contributed by atoms with E-state index >= 15 is 0 Å². The average molecular weight is 459 g/mol. The third kappa shape index (κ3) is 4.83. The maximum absolute atomic E-state index is 13.2. The summed E-state index contributed by atoms with van der Waals surface area (Å²) in [7, 11) is -3.76. The summed E-state index contributed by atoms with van der Waals surface area (Å²) < 4.78 is 29.1. The van der Waals surface area contributed by atoms with E-state index in [-0.39, 0.29) is 16.8 Å². The molecule has 166 valence electrons. The number of hydrogen-bond acceptors (Lipinski definition) is 4. The molecule has 31 heavy (non-hydrogen) atoms. The third-order valence-electron chi connectivity index (χ3n) is 6.31. The Kier molecular flexibility index (Phi) is 6.74. The number of aryl methyl sites for hydroxylation is 2. The van der Waals surface area contributed by atoms with Gasteiger partial charge in [0.15, 0.2) is 0 Å². The number of carbonyl (C=O) groups excluding carboxylic acids is 1. The van der Waals surface area contributed by atoms with Gasteiger partial charge in [-0.25, -0.2) is 13.1 Å². The van der Waals surface area contributed by atoms with Gasteiger partial charge in [0.05, 0.1) is 10.5 Å². The predicted octanol–water partition coefficient (Wildman–Crippen LogP) is 4.56. The minimum absolute atomic E-state index is 0.0818. The van der Waals surface area contributed by atoms with Crippen molar-refractivity contribution in [2.24, 2.45) is 0 Å². The number of benzene rings is 2. The van der Waals surface area contributed by atoms with Gasteiger partial charge in [0.25, 0.3) is 5.91 Å². The topological polar surface area (TPSA) is 66.5 Å². The zero-order valence-corrected chi connectivity index (χ0v) is 19.8. The van der Waals surface area contributed by atoms with Crippen molar-refractivity contribution in [2.75, 3.05) is 19.3 Å². The van der Waals surface area contributed by atoms with E-state index < -0.39 is 10.0 Å². The lowest BCUT2D eigenvalue weighted by Crippen LogP contribution is -2.29. The Labute approximate surface area is 189 Å². The Morgan fingerprint density at radius 1 is 1.00 bits per heavy atom. The molecule has 1 fully saturated rings. The molecule has 1 saturated heterocycles. The van der Waals surface area contributed by atoms with Gasteiger partial charge in [-0.3, -0.25) is 4.79 Å². The summed E-state index contributed by atoms with van der Waals surface area (Å²) >= 11 is 1.46. The number of thioether (sulfide) groups is 1. The van der Waals surface area contributed by atoms with Gasteiger partial charge in [0, 0.05) is 24.0 Å². The summed E-state index contributed by atoms with van der Waals surface area (Å²) in [6.07, 6.45) is 8.47. The number of amides is 1. The molecule has 0 saturated carbocycles. The Balaban J connectivity index is 1.58. The standard InChI is InChI=1S/C24H30N2O3S2/c1-17(19-10-9-18-7-3-4-8-20(18)15-19)25-31(28,29)21-11-12-23(30-2)22(16-21)24(27)26-13-5-6-14-26/h9-12,15-17,25H,3-8,13-14H2,1-2H3. The molecule has 0 aromatic heterocycles. The first kappa shape index (κ1) is 22.4. The van der Waals surface area contributed by atoms with Crippen LogP contribution in [-0.2, 0) is 22.9 Å². The first-order chi connectivity index (χ1) is 14.9. The fraction of sp³-hybridized carbons (Fsp3) is 0.458. The lowest BCUT2D eigenvalue weighted by Gasteiger charge is -2.21. The van der Waals surface area contributed by atoms with Gasteiger partial charge in [-0.05, 0) is 86.6 Å². The second kappa shape index (κ2) is 9.35. The molecule has 1 N–H and O–H groups in total. The molecule has 0 bridgehead atoms. The number of rotatable bonds is 6. The van der Waals surface area contributed by atoms with E-state index in [0.29, 0.717) is 5.56 Å². The van der Waals surface area contributed by atoms with Crippen molar-refractivity contribution in [1.82, 2.24) is 9.62 Å². The van der Waals surface area contributed by atoms with Gasteiger partial charge in [0.1, 0.15) is 0 Å². The molecule has 1 atom stereocenters. The largest absolute Gasteiger partial charge is 0.339 e. The third-order valence-corrected chi connectivity index (χ3v) is 8.64. The van der Waals surface area contributed by atoms with Crippen LogP contribution >= 0.6 is 11.8 Å². The van der Waals surface area contributed by atoms with Gasteiger partial charge in [-0.1, -0.05) is 18.2 Å². The van der Waals surface area contributed by atoms with Crippen molar-refractivity contribution in [1.29, 1.82) is 0 Å². The van der Waals surface area contributed by atoms with Crippen LogP contribution in [0.25, 0.3) is 0 Å². The molecule has 5 nitrogen and oxygen atoms in total. The van der Waals surface area contributed by atoms with E-state index in [9.17, 15) is 13.2 Å². The molecule has 1 amide bonds. The first-order valence-corrected chi connectivity index (χ1v) is 13.7. The highest BCUT2D eigenvalue weighted by molar-refractivity contribution is 7.98. The van der Waals surface area contributed by atoms with E-state index in [4.69, 9.17) is 0 Å². The highest BCUT2D eigenvalue weighted by Crippen LogP contribution is 2.28. The summed E-state index contributed by atoms with van der Waals surface area (Å²) in [4.78, 5) is 15.7. The molecule has 2 aromatic carbocycles. The first-order valence-electron chi connectivity index (χ1n) is 11.0. The van der Waals surface area contributed by atoms with Crippen molar-refractivity contribution in [3.8, 4) is 0 Å². The zero-order chi connectivity index (χ0) is 22.0. The number of carbonyl (C=O) groups is 1. The number of nitrogens with zero attached hydrogens (tertiary/aromatic N) is 1. The Bertz CT molecular complexity index is 1080. The molecular formula is C24H30N2O3S2. The van der Waals surface area contributed by atoms with Gasteiger partial charge in [-0.2, -0.15) is 0 Å². The van der Waals surface area contributed by atoms with E-state index in [1.165, 1.54) is 41.8 Å². The van der Waals surface area contributed by atoms with Crippen molar-refractivity contribution in [2.45, 2.75) is 61.3 Å². The normalized spacial score (nSPS) is 17.4. The monoisotopic (exact) mass is 458 g/mol. The van der Waals surface area contributed by atoms with Crippen LogP contribution in [0.15, 0.2) is 46.2 Å². The Morgan fingerprint density at radius 3 is 2.42 bits per heavy atom. The molecule has 2 aromatic rings. The number of sulfonamides is 1. The summed E-state index contributed by atoms with van der Waals surface area (Å²) in [5.41, 5.74) is 4.15. The minimum atomic E-state index is -3.76. The molecule has 1 aliphatic carbocycles. The predicted molar refractivity (Wildman–Crippen MR) is 125 cm³/mol. The summed E-state index contributed by atoms with van der Waals surface area (Å²) in [5, 5.41) is 0. The van der Waals surface area contributed by atoms with Crippen LogP contribution in [-0.4, -0.2) is 38.6 Å². The van der Waals surface area contributed by atoms with Gasteiger partial charge in [-0.15, -0.1) is 11.8 Å². The molecule has 7 heteroatoms. The van der Waals surface area contributed by atoms with Gasteiger partial charge >= 0.3 is 0 Å². The average Bonchev–Trinajstić information content (AvgIpc) is 3.32. The van der Waals surface area contributed by atoms with Crippen LogP contribution in [0.5, 0.6) is 0 Å². The minimum Gasteiger partial charge on any atom is -0.339 e. The van der Waals surface area contributed by atoms with Gasteiger partial charge in [0.2, 0.25) is 10.0 Å². The van der Waals surface area contributed by atoms with Crippen molar-refractivity contribution >= 4 is 27.7 Å². The molecule has 1 heterocycles. The van der Waals surface area contributed by atoms with Crippen LogP contribution in [0.2, 0.25) is 0 Å². The quantitative estimate of drug-likeness (QED) is 0.645. The van der Waals surface area contributed by atoms with E-state index in [2.05, 4.69) is 16.9 Å². The summed E-state index contributed by atoms with van der Waals surface area (Å²) in [6, 6.07) is 10.8. The van der Waals surface area contributed by atoms with Crippen LogP contribution in [0.1, 0.15) is 65.7 Å². The van der Waals surface area contributed by atoms with Crippen LogP contribution in [0, 0.1) is 0 Å². The summed E-state index contributed by atoms with van der Waals surface area (Å²) in [5.74, 6) is -0.0818. The zero-order valence-electron chi connectivity index (χ0n) is 18.2. The van der Waals surface area contributed by atoms with E-state index in [0.717, 1.165) is 49.2 Å². The second-order valence-corrected chi connectivity index (χ2v) is 11.0. The SMILES string of the molecule is CSc1ccc(S(=O)(=O)NC(C)c2ccc3c(c2)CCCC3)cc1C(=O)N1CCCC1. The van der Waals surface area contributed by atoms with Crippen LogP contribution in [0.3, 0.4) is 0 Å². The Morgan fingerprint density at radius 2 is 1.71 bits per heavy atom. The molecule has 0 spiro atoms. The maximum atomic E-state index is 13.2. The molecule has 1 unspecified atom stereocenters. The number of fused-ring (bicyclic) bond motifs is 1.